The monoisotopic (exact) mass is 444 g/mol. The van der Waals surface area contributed by atoms with Gasteiger partial charge in [0, 0.05) is 43.3 Å². The van der Waals surface area contributed by atoms with E-state index in [9.17, 15) is 9.59 Å². The zero-order valence-electron chi connectivity index (χ0n) is 18.6. The maximum absolute atomic E-state index is 12.3. The number of carbonyl (C=O) groups excluding carboxylic acids is 2. The minimum atomic E-state index is -0.289. The first-order valence-corrected chi connectivity index (χ1v) is 11.2. The number of hydrogen-bond acceptors (Lipinski definition) is 5. The van der Waals surface area contributed by atoms with Gasteiger partial charge in [0.2, 0.25) is 0 Å². The first kappa shape index (κ1) is 22.3. The molecular formula is C25H28N6O2. The van der Waals surface area contributed by atoms with Crippen molar-refractivity contribution in [3.63, 3.8) is 0 Å². The van der Waals surface area contributed by atoms with Crippen molar-refractivity contribution in [1.29, 1.82) is 0 Å². The Labute approximate surface area is 193 Å². The van der Waals surface area contributed by atoms with Crippen LogP contribution in [0.3, 0.4) is 0 Å². The predicted octanol–water partition coefficient (Wildman–Crippen LogP) is 4.18. The van der Waals surface area contributed by atoms with Crippen LogP contribution in [0.5, 0.6) is 0 Å². The van der Waals surface area contributed by atoms with Crippen LogP contribution in [0.4, 0.5) is 16.3 Å². The van der Waals surface area contributed by atoms with Crippen molar-refractivity contribution in [2.24, 2.45) is 0 Å². The lowest BCUT2D eigenvalue weighted by Crippen LogP contribution is -2.28. The fraction of sp³-hybridized carbons (Fsp3) is 0.280. The molecule has 0 spiro atoms. The molecule has 3 aromatic rings. The van der Waals surface area contributed by atoms with Crippen LogP contribution >= 0.6 is 0 Å². The number of hydrogen-bond donors (Lipinski definition) is 4. The Bertz CT molecular complexity index is 1100. The molecule has 2 aromatic heterocycles. The molecule has 1 aromatic carbocycles. The average molecular weight is 445 g/mol. The standard InChI is InChI=1S/C25H28N6O2/c1-26-24(32)21-12-13-22(31-23(21)29-19-6-2-3-7-19)18-8-10-20(11-9-18)30-25(33)28-16-17-5-4-14-27-15-17/h4-5,8-15,19H,2-3,6-7,16H2,1H3,(H,26,32)(H,29,31)(H2,28,30,33). The molecule has 1 saturated carbocycles. The lowest BCUT2D eigenvalue weighted by molar-refractivity contribution is 0.0963. The molecule has 170 valence electrons. The molecule has 1 aliphatic rings. The van der Waals surface area contributed by atoms with Crippen molar-refractivity contribution >= 4 is 23.4 Å². The largest absolute Gasteiger partial charge is 0.367 e. The maximum Gasteiger partial charge on any atom is 0.319 e. The Balaban J connectivity index is 1.44. The van der Waals surface area contributed by atoms with E-state index in [1.165, 1.54) is 12.8 Å². The third kappa shape index (κ3) is 5.85. The summed E-state index contributed by atoms with van der Waals surface area (Å²) >= 11 is 0. The number of benzene rings is 1. The highest BCUT2D eigenvalue weighted by Gasteiger charge is 2.19. The molecule has 0 unspecified atom stereocenters. The summed E-state index contributed by atoms with van der Waals surface area (Å²) in [6.45, 7) is 0.399. The SMILES string of the molecule is CNC(=O)c1ccc(-c2ccc(NC(=O)NCc3cccnc3)cc2)nc1NC1CCCC1. The quantitative estimate of drug-likeness (QED) is 0.437. The van der Waals surface area contributed by atoms with E-state index in [4.69, 9.17) is 4.98 Å². The van der Waals surface area contributed by atoms with E-state index in [2.05, 4.69) is 26.3 Å². The van der Waals surface area contributed by atoms with Crippen LogP contribution < -0.4 is 21.3 Å². The van der Waals surface area contributed by atoms with Gasteiger partial charge >= 0.3 is 6.03 Å². The third-order valence-electron chi connectivity index (χ3n) is 5.68. The minimum Gasteiger partial charge on any atom is -0.367 e. The molecule has 4 rings (SSSR count). The third-order valence-corrected chi connectivity index (χ3v) is 5.68. The van der Waals surface area contributed by atoms with Gasteiger partial charge in [-0.05, 0) is 48.7 Å². The van der Waals surface area contributed by atoms with Crippen LogP contribution in [0.15, 0.2) is 60.9 Å². The number of nitrogens with one attached hydrogen (secondary N) is 4. The Morgan fingerprint density at radius 2 is 1.82 bits per heavy atom. The lowest BCUT2D eigenvalue weighted by atomic mass is 10.1. The second-order valence-corrected chi connectivity index (χ2v) is 8.04. The van der Waals surface area contributed by atoms with Crippen molar-refractivity contribution in [3.05, 3.63) is 72.1 Å². The highest BCUT2D eigenvalue weighted by Crippen LogP contribution is 2.27. The molecule has 0 radical (unpaired) electrons. The van der Waals surface area contributed by atoms with E-state index >= 15 is 0 Å². The Hall–Kier alpha value is -3.94. The van der Waals surface area contributed by atoms with Gasteiger partial charge in [-0.25, -0.2) is 9.78 Å². The molecule has 1 aliphatic carbocycles. The number of anilines is 2. The van der Waals surface area contributed by atoms with Gasteiger partial charge in [0.1, 0.15) is 5.82 Å². The first-order chi connectivity index (χ1) is 16.1. The summed E-state index contributed by atoms with van der Waals surface area (Å²) in [5.41, 5.74) is 3.80. The zero-order chi connectivity index (χ0) is 23.0. The van der Waals surface area contributed by atoms with Gasteiger partial charge in [0.25, 0.3) is 5.91 Å². The highest BCUT2D eigenvalue weighted by atomic mass is 16.2. The number of amides is 3. The molecule has 4 N–H and O–H groups in total. The molecule has 0 saturated heterocycles. The molecule has 33 heavy (non-hydrogen) atoms. The highest BCUT2D eigenvalue weighted by molar-refractivity contribution is 5.99. The molecule has 8 heteroatoms. The van der Waals surface area contributed by atoms with E-state index in [1.54, 1.807) is 25.5 Å². The molecule has 0 bridgehead atoms. The number of pyridine rings is 2. The van der Waals surface area contributed by atoms with Crippen LogP contribution in [0, 0.1) is 0 Å². The lowest BCUT2D eigenvalue weighted by Gasteiger charge is -2.17. The number of nitrogens with zero attached hydrogens (tertiary/aromatic N) is 2. The Kier molecular flexibility index (Phi) is 7.14. The van der Waals surface area contributed by atoms with Crippen LogP contribution in [0.2, 0.25) is 0 Å². The van der Waals surface area contributed by atoms with E-state index in [-0.39, 0.29) is 11.9 Å². The van der Waals surface area contributed by atoms with Crippen LogP contribution in [0.1, 0.15) is 41.6 Å². The number of urea groups is 1. The molecule has 2 heterocycles. The van der Waals surface area contributed by atoms with Gasteiger partial charge in [0.15, 0.2) is 0 Å². The summed E-state index contributed by atoms with van der Waals surface area (Å²) in [6.07, 6.45) is 7.96. The van der Waals surface area contributed by atoms with Crippen LogP contribution in [-0.4, -0.2) is 35.0 Å². The number of aromatic nitrogens is 2. The average Bonchev–Trinajstić information content (AvgIpc) is 3.36. The van der Waals surface area contributed by atoms with Gasteiger partial charge < -0.3 is 21.3 Å². The minimum absolute atomic E-state index is 0.161. The number of rotatable bonds is 7. The summed E-state index contributed by atoms with van der Waals surface area (Å²) in [5, 5.41) is 11.8. The Morgan fingerprint density at radius 3 is 2.52 bits per heavy atom. The molecule has 1 fully saturated rings. The first-order valence-electron chi connectivity index (χ1n) is 11.2. The van der Waals surface area contributed by atoms with Crippen LogP contribution in [0.25, 0.3) is 11.3 Å². The van der Waals surface area contributed by atoms with Gasteiger partial charge in [-0.1, -0.05) is 31.0 Å². The summed E-state index contributed by atoms with van der Waals surface area (Å²) in [6, 6.07) is 14.9. The smallest absolute Gasteiger partial charge is 0.319 e. The summed E-state index contributed by atoms with van der Waals surface area (Å²) in [4.78, 5) is 33.3. The summed E-state index contributed by atoms with van der Waals surface area (Å²) in [7, 11) is 1.62. The van der Waals surface area contributed by atoms with Gasteiger partial charge in [-0.15, -0.1) is 0 Å². The normalized spacial score (nSPS) is 13.4. The topological polar surface area (TPSA) is 108 Å². The van der Waals surface area contributed by atoms with Crippen molar-refractivity contribution in [2.75, 3.05) is 17.7 Å². The van der Waals surface area contributed by atoms with Gasteiger partial charge in [-0.2, -0.15) is 0 Å². The molecule has 8 nitrogen and oxygen atoms in total. The van der Waals surface area contributed by atoms with Crippen molar-refractivity contribution in [3.8, 4) is 11.3 Å². The Morgan fingerprint density at radius 1 is 1.03 bits per heavy atom. The summed E-state index contributed by atoms with van der Waals surface area (Å²) < 4.78 is 0. The van der Waals surface area contributed by atoms with Crippen molar-refractivity contribution < 1.29 is 9.59 Å². The molecular weight excluding hydrogens is 416 g/mol. The fourth-order valence-corrected chi connectivity index (χ4v) is 3.90. The van der Waals surface area contributed by atoms with Crippen molar-refractivity contribution in [1.82, 2.24) is 20.6 Å². The van der Waals surface area contributed by atoms with Gasteiger partial charge in [-0.3, -0.25) is 9.78 Å². The van der Waals surface area contributed by atoms with E-state index in [0.29, 0.717) is 29.7 Å². The molecule has 3 amide bonds. The fourth-order valence-electron chi connectivity index (χ4n) is 3.90. The summed E-state index contributed by atoms with van der Waals surface area (Å²) in [5.74, 6) is 0.446. The second-order valence-electron chi connectivity index (χ2n) is 8.04. The molecule has 0 atom stereocenters. The zero-order valence-corrected chi connectivity index (χ0v) is 18.6. The second kappa shape index (κ2) is 10.6. The maximum atomic E-state index is 12.3. The van der Waals surface area contributed by atoms with E-state index < -0.39 is 0 Å². The molecule has 0 aliphatic heterocycles. The number of carbonyl (C=O) groups is 2. The van der Waals surface area contributed by atoms with E-state index in [0.717, 1.165) is 29.7 Å². The predicted molar refractivity (Wildman–Crippen MR) is 129 cm³/mol. The van der Waals surface area contributed by atoms with Gasteiger partial charge in [0.05, 0.1) is 11.3 Å². The van der Waals surface area contributed by atoms with E-state index in [1.807, 2.05) is 42.5 Å². The van der Waals surface area contributed by atoms with Crippen LogP contribution in [-0.2, 0) is 6.54 Å². The van der Waals surface area contributed by atoms with Crippen molar-refractivity contribution in [2.45, 2.75) is 38.3 Å².